The molecule has 0 heterocycles. The van der Waals surface area contributed by atoms with Crippen LogP contribution in [0.4, 0.5) is 0 Å². The molecule has 0 saturated heterocycles. The van der Waals surface area contributed by atoms with Gasteiger partial charge in [-0.2, -0.15) is 0 Å². The summed E-state index contributed by atoms with van der Waals surface area (Å²) in [5.74, 6) is 0. The van der Waals surface area contributed by atoms with Crippen LogP contribution in [0.3, 0.4) is 0 Å². The molecule has 0 spiro atoms. The summed E-state index contributed by atoms with van der Waals surface area (Å²) in [5.41, 5.74) is 0.602. The number of aryl methyl sites for hydroxylation is 1. The minimum absolute atomic E-state index is 0.00705. The first-order valence-electron chi connectivity index (χ1n) is 5.92. The number of hydrogen-bond acceptors (Lipinski definition) is 3. The normalized spacial score (nSPS) is 17.2. The zero-order valence-corrected chi connectivity index (χ0v) is 11.7. The van der Waals surface area contributed by atoms with Crippen molar-refractivity contribution in [2.24, 2.45) is 0 Å². The number of benzene rings is 1. The molecule has 1 fully saturated rings. The van der Waals surface area contributed by atoms with Gasteiger partial charge in [0.15, 0.2) is 0 Å². The average molecular weight is 290 g/mol. The van der Waals surface area contributed by atoms with Gasteiger partial charge in [-0.3, -0.25) is 4.84 Å². The van der Waals surface area contributed by atoms with Crippen LogP contribution in [0.15, 0.2) is 23.1 Å². The van der Waals surface area contributed by atoms with Gasteiger partial charge < -0.3 is 0 Å². The van der Waals surface area contributed by atoms with Gasteiger partial charge in [-0.15, -0.1) is 0 Å². The van der Waals surface area contributed by atoms with E-state index in [1.165, 1.54) is 6.07 Å². The third kappa shape index (κ3) is 3.23. The summed E-state index contributed by atoms with van der Waals surface area (Å²) < 4.78 is 24.1. The van der Waals surface area contributed by atoms with Crippen molar-refractivity contribution in [2.45, 2.75) is 43.6 Å². The van der Waals surface area contributed by atoms with E-state index in [2.05, 4.69) is 4.89 Å². The van der Waals surface area contributed by atoms with Crippen molar-refractivity contribution in [3.63, 3.8) is 0 Å². The highest BCUT2D eigenvalue weighted by Crippen LogP contribution is 2.22. The number of halogens is 1. The van der Waals surface area contributed by atoms with Crippen molar-refractivity contribution < 1.29 is 13.3 Å². The van der Waals surface area contributed by atoms with Crippen LogP contribution in [-0.4, -0.2) is 14.5 Å². The van der Waals surface area contributed by atoms with Crippen LogP contribution in [0, 0.1) is 6.92 Å². The van der Waals surface area contributed by atoms with Crippen molar-refractivity contribution >= 4 is 21.6 Å². The van der Waals surface area contributed by atoms with Crippen molar-refractivity contribution in [2.75, 3.05) is 0 Å². The van der Waals surface area contributed by atoms with E-state index in [1.54, 1.807) is 19.1 Å². The third-order valence-electron chi connectivity index (χ3n) is 3.05. The maximum atomic E-state index is 12.0. The van der Waals surface area contributed by atoms with E-state index in [0.717, 1.165) is 25.7 Å². The molecule has 2 rings (SSSR count). The van der Waals surface area contributed by atoms with E-state index in [1.807, 2.05) is 0 Å². The van der Waals surface area contributed by atoms with Crippen LogP contribution >= 0.6 is 11.6 Å². The van der Waals surface area contributed by atoms with Gasteiger partial charge in [0.1, 0.15) is 0 Å². The number of hydrogen-bond donors (Lipinski definition) is 1. The smallest absolute Gasteiger partial charge is 0.262 e. The quantitative estimate of drug-likeness (QED) is 0.867. The Labute approximate surface area is 112 Å². The van der Waals surface area contributed by atoms with Crippen LogP contribution in [-0.2, 0) is 14.9 Å². The van der Waals surface area contributed by atoms with Crippen molar-refractivity contribution in [1.82, 2.24) is 4.89 Å². The standard InChI is InChI=1S/C12H16ClNO3S/c1-9-8-10(13)6-7-12(9)18(15,16)14-17-11-4-2-3-5-11/h6-8,11,14H,2-5H2,1H3. The van der Waals surface area contributed by atoms with Crippen LogP contribution < -0.4 is 4.89 Å². The second-order valence-corrected chi connectivity index (χ2v) is 6.57. The van der Waals surface area contributed by atoms with Gasteiger partial charge in [0, 0.05) is 5.02 Å². The fraction of sp³-hybridized carbons (Fsp3) is 0.500. The summed E-state index contributed by atoms with van der Waals surface area (Å²) in [7, 11) is -3.63. The zero-order chi connectivity index (χ0) is 13.2. The van der Waals surface area contributed by atoms with Gasteiger partial charge in [0.2, 0.25) is 0 Å². The predicted octanol–water partition coefficient (Wildman–Crippen LogP) is 2.80. The Morgan fingerprint density at radius 3 is 2.61 bits per heavy atom. The zero-order valence-electron chi connectivity index (χ0n) is 10.1. The minimum atomic E-state index is -3.63. The van der Waals surface area contributed by atoms with E-state index in [4.69, 9.17) is 16.4 Å². The van der Waals surface area contributed by atoms with Gasteiger partial charge in [0.05, 0.1) is 11.0 Å². The van der Waals surface area contributed by atoms with Crippen LogP contribution in [0.1, 0.15) is 31.2 Å². The molecule has 4 nitrogen and oxygen atoms in total. The summed E-state index contributed by atoms with van der Waals surface area (Å²) in [5, 5.41) is 0.517. The van der Waals surface area contributed by atoms with Crippen molar-refractivity contribution in [3.05, 3.63) is 28.8 Å². The molecular weight excluding hydrogens is 274 g/mol. The lowest BCUT2D eigenvalue weighted by molar-refractivity contribution is 0.0223. The molecule has 1 saturated carbocycles. The summed E-state index contributed by atoms with van der Waals surface area (Å²) in [6, 6.07) is 4.66. The first kappa shape index (κ1) is 13.8. The molecule has 0 aliphatic heterocycles. The molecule has 0 unspecified atom stereocenters. The highest BCUT2D eigenvalue weighted by molar-refractivity contribution is 7.89. The van der Waals surface area contributed by atoms with E-state index >= 15 is 0 Å². The van der Waals surface area contributed by atoms with Gasteiger partial charge >= 0.3 is 0 Å². The van der Waals surface area contributed by atoms with Crippen molar-refractivity contribution in [3.8, 4) is 0 Å². The lowest BCUT2D eigenvalue weighted by Crippen LogP contribution is -2.29. The van der Waals surface area contributed by atoms with Crippen LogP contribution in [0.5, 0.6) is 0 Å². The number of nitrogens with one attached hydrogen (secondary N) is 1. The third-order valence-corrected chi connectivity index (χ3v) is 4.64. The maximum absolute atomic E-state index is 12.0. The second kappa shape index (κ2) is 5.57. The highest BCUT2D eigenvalue weighted by atomic mass is 35.5. The Balaban J connectivity index is 2.09. The molecule has 100 valence electrons. The first-order valence-corrected chi connectivity index (χ1v) is 7.79. The lowest BCUT2D eigenvalue weighted by atomic mass is 10.2. The molecule has 6 heteroatoms. The van der Waals surface area contributed by atoms with Crippen LogP contribution in [0.25, 0.3) is 0 Å². The average Bonchev–Trinajstić information content (AvgIpc) is 2.78. The summed E-state index contributed by atoms with van der Waals surface area (Å²) in [6.45, 7) is 1.70. The predicted molar refractivity (Wildman–Crippen MR) is 69.9 cm³/mol. The molecule has 0 atom stereocenters. The summed E-state index contributed by atoms with van der Waals surface area (Å²) in [6.07, 6.45) is 3.98. The van der Waals surface area contributed by atoms with Gasteiger partial charge in [-0.1, -0.05) is 29.3 Å². The van der Waals surface area contributed by atoms with E-state index in [-0.39, 0.29) is 11.0 Å². The molecular formula is C12H16ClNO3S. The molecule has 1 N–H and O–H groups in total. The minimum Gasteiger partial charge on any atom is -0.284 e. The topological polar surface area (TPSA) is 55.4 Å². The van der Waals surface area contributed by atoms with Gasteiger partial charge in [0.25, 0.3) is 10.0 Å². The van der Waals surface area contributed by atoms with E-state index < -0.39 is 10.0 Å². The number of rotatable bonds is 4. The first-order chi connectivity index (χ1) is 8.49. The summed E-state index contributed by atoms with van der Waals surface area (Å²) >= 11 is 5.80. The Morgan fingerprint density at radius 1 is 1.33 bits per heavy atom. The fourth-order valence-corrected chi connectivity index (χ4v) is 3.41. The lowest BCUT2D eigenvalue weighted by Gasteiger charge is -2.13. The molecule has 0 amide bonds. The number of sulfonamides is 1. The maximum Gasteiger partial charge on any atom is 0.262 e. The Kier molecular flexibility index (Phi) is 4.27. The molecule has 1 aliphatic carbocycles. The van der Waals surface area contributed by atoms with E-state index in [0.29, 0.717) is 10.6 Å². The molecule has 18 heavy (non-hydrogen) atoms. The molecule has 0 radical (unpaired) electrons. The molecule has 1 aromatic carbocycles. The SMILES string of the molecule is Cc1cc(Cl)ccc1S(=O)(=O)NOC1CCCC1. The molecule has 0 aromatic heterocycles. The largest absolute Gasteiger partial charge is 0.284 e. The highest BCUT2D eigenvalue weighted by Gasteiger charge is 2.21. The Hall–Kier alpha value is -0.620. The van der Waals surface area contributed by atoms with Gasteiger partial charge in [-0.05, 0) is 43.5 Å². The van der Waals surface area contributed by atoms with Gasteiger partial charge in [-0.25, -0.2) is 8.42 Å². The molecule has 1 aliphatic rings. The van der Waals surface area contributed by atoms with Crippen molar-refractivity contribution in [1.29, 1.82) is 0 Å². The fourth-order valence-electron chi connectivity index (χ4n) is 2.10. The second-order valence-electron chi connectivity index (χ2n) is 4.52. The summed E-state index contributed by atoms with van der Waals surface area (Å²) in [4.78, 5) is 7.64. The van der Waals surface area contributed by atoms with Crippen LogP contribution in [0.2, 0.25) is 5.02 Å². The monoisotopic (exact) mass is 289 g/mol. The van der Waals surface area contributed by atoms with E-state index in [9.17, 15) is 8.42 Å². The molecule has 0 bridgehead atoms. The Morgan fingerprint density at radius 2 is 2.00 bits per heavy atom. The molecule has 1 aromatic rings. The Bertz CT molecular complexity index is 524.